The Hall–Kier alpha value is -2.67. The first-order valence-electron chi connectivity index (χ1n) is 7.92. The lowest BCUT2D eigenvalue weighted by Gasteiger charge is -2.12. The van der Waals surface area contributed by atoms with Crippen LogP contribution in [0.3, 0.4) is 0 Å². The van der Waals surface area contributed by atoms with Crippen molar-refractivity contribution in [1.29, 1.82) is 0 Å². The van der Waals surface area contributed by atoms with Gasteiger partial charge in [-0.1, -0.05) is 30.0 Å². The van der Waals surface area contributed by atoms with Gasteiger partial charge in [0.15, 0.2) is 5.16 Å². The summed E-state index contributed by atoms with van der Waals surface area (Å²) in [5.41, 5.74) is 2.67. The van der Waals surface area contributed by atoms with Gasteiger partial charge in [0.05, 0.1) is 24.7 Å². The highest BCUT2D eigenvalue weighted by molar-refractivity contribution is 7.99. The molecule has 0 bridgehead atoms. The van der Waals surface area contributed by atoms with Crippen LogP contribution in [-0.4, -0.2) is 41.6 Å². The van der Waals surface area contributed by atoms with Crippen molar-refractivity contribution in [1.82, 2.24) is 9.97 Å². The molecule has 0 radical (unpaired) electrons. The number of nitrogens with one attached hydrogen (secondary N) is 1. The van der Waals surface area contributed by atoms with Crippen LogP contribution in [0, 0.1) is 0 Å². The van der Waals surface area contributed by atoms with Crippen LogP contribution in [0.2, 0.25) is 0 Å². The normalized spacial score (nSPS) is 17.1. The van der Waals surface area contributed by atoms with Gasteiger partial charge in [-0.05, 0) is 24.3 Å². The lowest BCUT2D eigenvalue weighted by molar-refractivity contribution is 0.151. The Kier molecular flexibility index (Phi) is 4.23. The Balaban J connectivity index is 1.41. The van der Waals surface area contributed by atoms with E-state index < -0.39 is 0 Å². The minimum atomic E-state index is -0.300. The van der Waals surface area contributed by atoms with E-state index in [2.05, 4.69) is 9.97 Å². The monoisotopic (exact) mass is 355 g/mol. The van der Waals surface area contributed by atoms with Crippen LogP contribution in [-0.2, 0) is 4.74 Å². The lowest BCUT2D eigenvalue weighted by Crippen LogP contribution is -2.24. The number of imidazole rings is 1. The van der Waals surface area contributed by atoms with Gasteiger partial charge in [0.2, 0.25) is 0 Å². The van der Waals surface area contributed by atoms with Gasteiger partial charge in [0.1, 0.15) is 11.9 Å². The minimum absolute atomic E-state index is 0.166. The molecule has 1 N–H and O–H groups in total. The van der Waals surface area contributed by atoms with Crippen LogP contribution < -0.4 is 9.64 Å². The fourth-order valence-corrected chi connectivity index (χ4v) is 3.62. The molecule has 7 heteroatoms. The zero-order valence-electron chi connectivity index (χ0n) is 13.6. The maximum Gasteiger partial charge on any atom is 0.414 e. The van der Waals surface area contributed by atoms with E-state index in [1.165, 1.54) is 0 Å². The topological polar surface area (TPSA) is 67.4 Å². The molecule has 1 saturated heterocycles. The summed E-state index contributed by atoms with van der Waals surface area (Å²) in [4.78, 5) is 21.5. The van der Waals surface area contributed by atoms with Crippen LogP contribution >= 0.6 is 11.8 Å². The van der Waals surface area contributed by atoms with Crippen molar-refractivity contribution in [2.45, 2.75) is 11.3 Å². The average Bonchev–Trinajstić information content (AvgIpc) is 3.22. The number of anilines is 1. The van der Waals surface area contributed by atoms with Crippen LogP contribution in [0.4, 0.5) is 10.5 Å². The molecule has 0 spiro atoms. The van der Waals surface area contributed by atoms with Crippen LogP contribution in [0.5, 0.6) is 5.75 Å². The van der Waals surface area contributed by atoms with Crippen molar-refractivity contribution in [3.8, 4) is 5.75 Å². The zero-order valence-corrected chi connectivity index (χ0v) is 14.5. The molecular formula is C18H17N3O3S. The molecule has 1 amide bonds. The number of fused-ring (bicyclic) bond motifs is 1. The molecule has 1 fully saturated rings. The predicted octanol–water partition coefficient (Wildman–Crippen LogP) is 3.69. The molecule has 1 atom stereocenters. The molecule has 6 nitrogen and oxygen atoms in total. The van der Waals surface area contributed by atoms with Gasteiger partial charge in [0.25, 0.3) is 0 Å². The molecule has 2 heterocycles. The highest BCUT2D eigenvalue weighted by Gasteiger charge is 2.32. The van der Waals surface area contributed by atoms with Crippen LogP contribution in [0.15, 0.2) is 53.7 Å². The highest BCUT2D eigenvalue weighted by Crippen LogP contribution is 2.27. The van der Waals surface area contributed by atoms with Crippen molar-refractivity contribution in [3.05, 3.63) is 48.5 Å². The summed E-state index contributed by atoms with van der Waals surface area (Å²) >= 11 is 1.54. The molecule has 1 aliphatic rings. The van der Waals surface area contributed by atoms with E-state index in [0.717, 1.165) is 27.6 Å². The second-order valence-electron chi connectivity index (χ2n) is 5.69. The first-order valence-corrected chi connectivity index (χ1v) is 8.91. The summed E-state index contributed by atoms with van der Waals surface area (Å²) in [5.74, 6) is 1.43. The molecule has 3 aromatic rings. The number of hydrogen-bond acceptors (Lipinski definition) is 5. The molecule has 25 heavy (non-hydrogen) atoms. The molecule has 0 aliphatic carbocycles. The fourth-order valence-electron chi connectivity index (χ4n) is 2.76. The number of benzene rings is 2. The maximum absolute atomic E-state index is 12.1. The number of hydrogen-bond donors (Lipinski definition) is 1. The summed E-state index contributed by atoms with van der Waals surface area (Å²) < 4.78 is 10.7. The average molecular weight is 355 g/mol. The lowest BCUT2D eigenvalue weighted by atomic mass is 10.3. The van der Waals surface area contributed by atoms with Gasteiger partial charge in [-0.2, -0.15) is 0 Å². The Morgan fingerprint density at radius 1 is 1.32 bits per heavy atom. The van der Waals surface area contributed by atoms with Crippen molar-refractivity contribution >= 4 is 34.6 Å². The number of carbonyl (C=O) groups is 1. The van der Waals surface area contributed by atoms with Gasteiger partial charge >= 0.3 is 6.09 Å². The number of aromatic nitrogens is 2. The number of carbonyl (C=O) groups excluding carboxylic acids is 1. The Morgan fingerprint density at radius 2 is 2.16 bits per heavy atom. The van der Waals surface area contributed by atoms with E-state index in [-0.39, 0.29) is 12.2 Å². The van der Waals surface area contributed by atoms with Crippen molar-refractivity contribution in [3.63, 3.8) is 0 Å². The molecular weight excluding hydrogens is 338 g/mol. The number of cyclic esters (lactones) is 1. The quantitative estimate of drug-likeness (QED) is 0.707. The molecule has 0 saturated carbocycles. The number of thioether (sulfide) groups is 1. The van der Waals surface area contributed by atoms with E-state index in [1.807, 2.05) is 48.5 Å². The summed E-state index contributed by atoms with van der Waals surface area (Å²) in [6.07, 6.45) is -0.466. The van der Waals surface area contributed by atoms with Gasteiger partial charge < -0.3 is 14.5 Å². The Bertz CT molecular complexity index is 897. The first kappa shape index (κ1) is 15.8. The minimum Gasteiger partial charge on any atom is -0.497 e. The number of aromatic amines is 1. The van der Waals surface area contributed by atoms with E-state index in [9.17, 15) is 4.79 Å². The number of H-pyrrole nitrogens is 1. The summed E-state index contributed by atoms with van der Waals surface area (Å²) in [5, 5.41) is 0.803. The second kappa shape index (κ2) is 6.68. The fraction of sp³-hybridized carbons (Fsp3) is 0.222. The maximum atomic E-state index is 12.1. The van der Waals surface area contributed by atoms with Gasteiger partial charge in [0, 0.05) is 17.5 Å². The second-order valence-corrected chi connectivity index (χ2v) is 6.70. The molecule has 2 aromatic carbocycles. The number of methoxy groups -OCH3 is 1. The third-order valence-electron chi connectivity index (χ3n) is 4.02. The van der Waals surface area contributed by atoms with E-state index in [1.54, 1.807) is 23.8 Å². The van der Waals surface area contributed by atoms with Gasteiger partial charge in [-0.25, -0.2) is 9.78 Å². The van der Waals surface area contributed by atoms with Gasteiger partial charge in [-0.3, -0.25) is 4.90 Å². The molecule has 1 unspecified atom stereocenters. The molecule has 4 rings (SSSR count). The summed E-state index contributed by atoms with van der Waals surface area (Å²) in [6.45, 7) is 0.546. The largest absolute Gasteiger partial charge is 0.497 e. The first-order chi connectivity index (χ1) is 12.2. The smallest absolute Gasteiger partial charge is 0.414 e. The Morgan fingerprint density at radius 3 is 2.96 bits per heavy atom. The van der Waals surface area contributed by atoms with E-state index in [0.29, 0.717) is 12.3 Å². The van der Waals surface area contributed by atoms with E-state index in [4.69, 9.17) is 9.47 Å². The third-order valence-corrected chi connectivity index (χ3v) is 5.02. The van der Waals surface area contributed by atoms with Crippen molar-refractivity contribution < 1.29 is 14.3 Å². The Labute approximate surface area is 149 Å². The highest BCUT2D eigenvalue weighted by atomic mass is 32.2. The standard InChI is InChI=1S/C18H17N3O3S/c1-23-13-7-8-15-16(9-13)20-17(19-15)25-11-14-10-21(18(22)24-14)12-5-3-2-4-6-12/h2-9,14H,10-11H2,1H3,(H,19,20). The number of para-hydroxylation sites is 1. The number of amides is 1. The molecule has 1 aliphatic heterocycles. The number of rotatable bonds is 5. The molecule has 128 valence electrons. The summed E-state index contributed by atoms with van der Waals surface area (Å²) in [6, 6.07) is 15.3. The summed E-state index contributed by atoms with van der Waals surface area (Å²) in [7, 11) is 1.64. The SMILES string of the molecule is COc1ccc2nc(SCC3CN(c4ccccc4)C(=O)O3)[nH]c2c1. The predicted molar refractivity (Wildman–Crippen MR) is 97.4 cm³/mol. The van der Waals surface area contributed by atoms with E-state index >= 15 is 0 Å². The number of ether oxygens (including phenoxy) is 2. The van der Waals surface area contributed by atoms with Crippen molar-refractivity contribution in [2.75, 3.05) is 24.3 Å². The third kappa shape index (κ3) is 3.28. The molecule has 1 aromatic heterocycles. The van der Waals surface area contributed by atoms with Crippen molar-refractivity contribution in [2.24, 2.45) is 0 Å². The van der Waals surface area contributed by atoms with Crippen LogP contribution in [0.25, 0.3) is 11.0 Å². The zero-order chi connectivity index (χ0) is 17.2. The van der Waals surface area contributed by atoms with Gasteiger partial charge in [-0.15, -0.1) is 0 Å². The van der Waals surface area contributed by atoms with Crippen LogP contribution in [0.1, 0.15) is 0 Å². The number of nitrogens with zero attached hydrogens (tertiary/aromatic N) is 2.